The van der Waals surface area contributed by atoms with Crippen LogP contribution in [-0.4, -0.2) is 20.1 Å². The van der Waals surface area contributed by atoms with Crippen molar-refractivity contribution in [3.63, 3.8) is 0 Å². The number of aryl methyl sites for hydroxylation is 1. The molecule has 22 heavy (non-hydrogen) atoms. The minimum Gasteiger partial charge on any atom is -0.322 e. The highest BCUT2D eigenvalue weighted by Gasteiger charge is 2.09. The van der Waals surface area contributed by atoms with Crippen LogP contribution in [0.15, 0.2) is 48.5 Å². The lowest BCUT2D eigenvalue weighted by Gasteiger charge is -2.08. The molecule has 1 amide bonds. The maximum absolute atomic E-state index is 12.1. The second-order valence-electron chi connectivity index (χ2n) is 4.90. The summed E-state index contributed by atoms with van der Waals surface area (Å²) in [7, 11) is -3.31. The van der Waals surface area contributed by atoms with E-state index in [4.69, 9.17) is 0 Å². The van der Waals surface area contributed by atoms with Crippen LogP contribution in [0.3, 0.4) is 0 Å². The molecule has 5 nitrogen and oxygen atoms in total. The summed E-state index contributed by atoms with van der Waals surface area (Å²) in [5.74, 6) is -0.239. The van der Waals surface area contributed by atoms with Gasteiger partial charge in [0.1, 0.15) is 0 Å². The van der Waals surface area contributed by atoms with E-state index in [9.17, 15) is 13.2 Å². The van der Waals surface area contributed by atoms with Crippen molar-refractivity contribution >= 4 is 27.3 Å². The number of amides is 1. The van der Waals surface area contributed by atoms with Crippen LogP contribution >= 0.6 is 0 Å². The predicted octanol–water partition coefficient (Wildman–Crippen LogP) is 3.01. The standard InChI is InChI=1S/C16H18N2O3S/c1-3-22(20,21)18-15-10-6-13(7-11-15)16(19)17-14-8-4-12(2)5-9-14/h4-11,18H,3H2,1-2H3,(H,17,19). The maximum atomic E-state index is 12.1. The zero-order valence-corrected chi connectivity index (χ0v) is 13.3. The summed E-state index contributed by atoms with van der Waals surface area (Å²) in [6, 6.07) is 13.8. The van der Waals surface area contributed by atoms with Gasteiger partial charge in [-0.25, -0.2) is 8.42 Å². The summed E-state index contributed by atoms with van der Waals surface area (Å²) in [5.41, 5.74) is 2.73. The van der Waals surface area contributed by atoms with Gasteiger partial charge in [0.05, 0.1) is 5.75 Å². The van der Waals surface area contributed by atoms with E-state index in [2.05, 4.69) is 10.0 Å². The Hall–Kier alpha value is -2.34. The van der Waals surface area contributed by atoms with Crippen LogP contribution in [0.1, 0.15) is 22.8 Å². The van der Waals surface area contributed by atoms with Crippen LogP contribution in [0.25, 0.3) is 0 Å². The molecule has 0 fully saturated rings. The minimum absolute atomic E-state index is 0.00264. The highest BCUT2D eigenvalue weighted by Crippen LogP contribution is 2.14. The second-order valence-corrected chi connectivity index (χ2v) is 6.91. The molecule has 0 aliphatic heterocycles. The molecule has 0 saturated heterocycles. The van der Waals surface area contributed by atoms with Crippen LogP contribution in [0, 0.1) is 6.92 Å². The van der Waals surface area contributed by atoms with E-state index in [1.807, 2.05) is 31.2 Å². The molecule has 2 aromatic rings. The Morgan fingerprint density at radius 1 is 0.955 bits per heavy atom. The second kappa shape index (κ2) is 6.62. The quantitative estimate of drug-likeness (QED) is 0.890. The number of rotatable bonds is 5. The van der Waals surface area contributed by atoms with Gasteiger partial charge in [0, 0.05) is 16.9 Å². The third-order valence-corrected chi connectivity index (χ3v) is 4.42. The number of hydrogen-bond acceptors (Lipinski definition) is 3. The van der Waals surface area contributed by atoms with Crippen LogP contribution in [0.5, 0.6) is 0 Å². The Labute approximate surface area is 130 Å². The van der Waals surface area contributed by atoms with Gasteiger partial charge in [-0.05, 0) is 50.2 Å². The van der Waals surface area contributed by atoms with Crippen molar-refractivity contribution in [2.45, 2.75) is 13.8 Å². The number of carbonyl (C=O) groups excluding carboxylic acids is 1. The van der Waals surface area contributed by atoms with Gasteiger partial charge in [-0.1, -0.05) is 17.7 Å². The molecule has 0 radical (unpaired) electrons. The molecule has 0 bridgehead atoms. The first-order valence-corrected chi connectivity index (χ1v) is 8.53. The molecule has 0 atom stereocenters. The zero-order valence-electron chi connectivity index (χ0n) is 12.5. The molecule has 0 aromatic heterocycles. The fourth-order valence-corrected chi connectivity index (χ4v) is 2.42. The van der Waals surface area contributed by atoms with Gasteiger partial charge in [-0.2, -0.15) is 0 Å². The topological polar surface area (TPSA) is 75.3 Å². The third-order valence-electron chi connectivity index (χ3n) is 3.11. The highest BCUT2D eigenvalue weighted by molar-refractivity contribution is 7.92. The average molecular weight is 318 g/mol. The number of nitrogens with one attached hydrogen (secondary N) is 2. The fraction of sp³-hybridized carbons (Fsp3) is 0.188. The zero-order chi connectivity index (χ0) is 16.2. The molecule has 0 spiro atoms. The first-order valence-electron chi connectivity index (χ1n) is 6.88. The number of benzene rings is 2. The van der Waals surface area contributed by atoms with Gasteiger partial charge in [-0.3, -0.25) is 9.52 Å². The van der Waals surface area contributed by atoms with Crippen molar-refractivity contribution in [2.24, 2.45) is 0 Å². The van der Waals surface area contributed by atoms with Crippen LogP contribution in [-0.2, 0) is 10.0 Å². The molecule has 2 N–H and O–H groups in total. The number of anilines is 2. The maximum Gasteiger partial charge on any atom is 0.255 e. The molecule has 116 valence electrons. The van der Waals surface area contributed by atoms with E-state index < -0.39 is 10.0 Å². The van der Waals surface area contributed by atoms with Crippen molar-refractivity contribution in [3.8, 4) is 0 Å². The van der Waals surface area contributed by atoms with E-state index in [1.165, 1.54) is 0 Å². The Kier molecular flexibility index (Phi) is 4.82. The van der Waals surface area contributed by atoms with E-state index >= 15 is 0 Å². The van der Waals surface area contributed by atoms with Gasteiger partial charge >= 0.3 is 0 Å². The number of sulfonamides is 1. The molecule has 0 heterocycles. The van der Waals surface area contributed by atoms with Gasteiger partial charge in [0.25, 0.3) is 5.91 Å². The smallest absolute Gasteiger partial charge is 0.255 e. The average Bonchev–Trinajstić information content (AvgIpc) is 2.50. The lowest BCUT2D eigenvalue weighted by Crippen LogP contribution is -2.15. The van der Waals surface area contributed by atoms with Crippen molar-refractivity contribution < 1.29 is 13.2 Å². The van der Waals surface area contributed by atoms with Crippen molar-refractivity contribution in [1.82, 2.24) is 0 Å². The van der Waals surface area contributed by atoms with Crippen LogP contribution < -0.4 is 10.0 Å². The largest absolute Gasteiger partial charge is 0.322 e. The number of carbonyl (C=O) groups is 1. The molecular formula is C16H18N2O3S. The van der Waals surface area contributed by atoms with Gasteiger partial charge in [-0.15, -0.1) is 0 Å². The fourth-order valence-electron chi connectivity index (χ4n) is 1.78. The Morgan fingerprint density at radius 3 is 2.05 bits per heavy atom. The number of hydrogen-bond donors (Lipinski definition) is 2. The summed E-state index contributed by atoms with van der Waals surface area (Å²) >= 11 is 0. The van der Waals surface area contributed by atoms with Crippen molar-refractivity contribution in [1.29, 1.82) is 0 Å². The first-order chi connectivity index (χ1) is 10.4. The van der Waals surface area contributed by atoms with E-state index in [0.29, 0.717) is 16.9 Å². The van der Waals surface area contributed by atoms with Crippen molar-refractivity contribution in [2.75, 3.05) is 15.8 Å². The highest BCUT2D eigenvalue weighted by atomic mass is 32.2. The van der Waals surface area contributed by atoms with Crippen molar-refractivity contribution in [3.05, 3.63) is 59.7 Å². The summed E-state index contributed by atoms with van der Waals surface area (Å²) in [4.78, 5) is 12.1. The SMILES string of the molecule is CCS(=O)(=O)Nc1ccc(C(=O)Nc2ccc(C)cc2)cc1. The summed E-state index contributed by atoms with van der Waals surface area (Å²) in [6.07, 6.45) is 0. The first kappa shape index (κ1) is 16.0. The Balaban J connectivity index is 2.06. The summed E-state index contributed by atoms with van der Waals surface area (Å²) in [5, 5.41) is 2.79. The van der Waals surface area contributed by atoms with Gasteiger partial charge in [0.15, 0.2) is 0 Å². The summed E-state index contributed by atoms with van der Waals surface area (Å²) in [6.45, 7) is 3.54. The molecule has 2 aromatic carbocycles. The minimum atomic E-state index is -3.31. The monoisotopic (exact) mass is 318 g/mol. The molecule has 6 heteroatoms. The Morgan fingerprint density at radius 2 is 1.50 bits per heavy atom. The van der Waals surface area contributed by atoms with Gasteiger partial charge in [0.2, 0.25) is 10.0 Å². The lowest BCUT2D eigenvalue weighted by molar-refractivity contribution is 0.102. The molecule has 0 aliphatic carbocycles. The normalized spacial score (nSPS) is 11.0. The van der Waals surface area contributed by atoms with E-state index in [-0.39, 0.29) is 11.7 Å². The molecule has 2 rings (SSSR count). The Bertz CT molecular complexity index is 751. The van der Waals surface area contributed by atoms with Crippen LogP contribution in [0.4, 0.5) is 11.4 Å². The van der Waals surface area contributed by atoms with Crippen LogP contribution in [0.2, 0.25) is 0 Å². The molecule has 0 saturated carbocycles. The third kappa shape index (κ3) is 4.33. The summed E-state index contributed by atoms with van der Waals surface area (Å²) < 4.78 is 25.4. The molecular weight excluding hydrogens is 300 g/mol. The van der Waals surface area contributed by atoms with Gasteiger partial charge < -0.3 is 5.32 Å². The molecule has 0 unspecified atom stereocenters. The predicted molar refractivity (Wildman–Crippen MR) is 88.7 cm³/mol. The van der Waals surface area contributed by atoms with E-state index in [0.717, 1.165) is 5.56 Å². The van der Waals surface area contributed by atoms with E-state index in [1.54, 1.807) is 31.2 Å². The lowest BCUT2D eigenvalue weighted by atomic mass is 10.2. The molecule has 0 aliphatic rings.